The average molecular weight is 342 g/mol. The van der Waals surface area contributed by atoms with Crippen molar-refractivity contribution in [2.45, 2.75) is 6.61 Å². The molecule has 0 saturated carbocycles. The third-order valence-electron chi connectivity index (χ3n) is 2.45. The van der Waals surface area contributed by atoms with E-state index in [4.69, 9.17) is 34.8 Å². The summed E-state index contributed by atoms with van der Waals surface area (Å²) in [5.74, 6) is -1.06. The summed E-state index contributed by atoms with van der Waals surface area (Å²) in [6, 6.07) is 6.16. The predicted octanol–water partition coefficient (Wildman–Crippen LogP) is 6.05. The molecule has 0 amide bonds. The molecule has 0 heterocycles. The van der Waals surface area contributed by atoms with E-state index in [9.17, 15) is 13.2 Å². The second-order valence-corrected chi connectivity index (χ2v) is 4.99. The van der Waals surface area contributed by atoms with Crippen LogP contribution in [0.25, 0.3) is 11.1 Å². The first-order chi connectivity index (χ1) is 9.38. The van der Waals surface area contributed by atoms with Crippen molar-refractivity contribution in [3.8, 4) is 16.9 Å². The monoisotopic (exact) mass is 340 g/mol. The van der Waals surface area contributed by atoms with Gasteiger partial charge in [0.1, 0.15) is 11.6 Å². The Bertz CT molecular complexity index is 647. The third-order valence-corrected chi connectivity index (χ3v) is 3.47. The molecule has 20 heavy (non-hydrogen) atoms. The largest absolute Gasteiger partial charge is 0.435 e. The Kier molecular flexibility index (Phi) is 4.68. The van der Waals surface area contributed by atoms with Gasteiger partial charge in [-0.05, 0) is 24.3 Å². The highest BCUT2D eigenvalue weighted by Gasteiger charge is 2.14. The summed E-state index contributed by atoms with van der Waals surface area (Å²) in [5.41, 5.74) is 0.353. The first-order valence-corrected chi connectivity index (χ1v) is 6.41. The molecule has 0 saturated heterocycles. The van der Waals surface area contributed by atoms with Crippen LogP contribution >= 0.6 is 34.8 Å². The van der Waals surface area contributed by atoms with Crippen molar-refractivity contribution in [3.05, 3.63) is 51.2 Å². The van der Waals surface area contributed by atoms with E-state index >= 15 is 0 Å². The summed E-state index contributed by atoms with van der Waals surface area (Å²) < 4.78 is 42.2. The molecule has 0 atom stereocenters. The zero-order valence-electron chi connectivity index (χ0n) is 9.64. The van der Waals surface area contributed by atoms with Gasteiger partial charge in [-0.2, -0.15) is 8.78 Å². The summed E-state index contributed by atoms with van der Waals surface area (Å²) in [5, 5.41) is 0.570. The maximum atomic E-state index is 14.0. The molecule has 0 radical (unpaired) electrons. The van der Waals surface area contributed by atoms with E-state index in [0.29, 0.717) is 0 Å². The Balaban J connectivity index is 2.49. The first kappa shape index (κ1) is 15.3. The number of halogens is 6. The molecule has 2 aromatic carbocycles. The minimum Gasteiger partial charge on any atom is -0.435 e. The van der Waals surface area contributed by atoms with Gasteiger partial charge in [-0.15, -0.1) is 0 Å². The quantitative estimate of drug-likeness (QED) is 0.617. The Morgan fingerprint density at radius 3 is 2.25 bits per heavy atom. The van der Waals surface area contributed by atoms with Crippen LogP contribution in [0.3, 0.4) is 0 Å². The Labute approximate surface area is 127 Å². The molecule has 0 unspecified atom stereocenters. The van der Waals surface area contributed by atoms with Crippen LogP contribution < -0.4 is 4.74 Å². The predicted molar refractivity (Wildman–Crippen MR) is 73.5 cm³/mol. The number of hydrogen-bond donors (Lipinski definition) is 0. The average Bonchev–Trinajstić information content (AvgIpc) is 2.33. The zero-order chi connectivity index (χ0) is 14.9. The van der Waals surface area contributed by atoms with Gasteiger partial charge in [0, 0.05) is 22.2 Å². The van der Waals surface area contributed by atoms with Gasteiger partial charge in [-0.3, -0.25) is 0 Å². The fraction of sp³-hybridized carbons (Fsp3) is 0.0769. The molecule has 7 heteroatoms. The Morgan fingerprint density at radius 1 is 0.950 bits per heavy atom. The molecular formula is C13H6Cl3F3O. The smallest absolute Gasteiger partial charge is 0.387 e. The van der Waals surface area contributed by atoms with Crippen LogP contribution in [-0.2, 0) is 0 Å². The van der Waals surface area contributed by atoms with E-state index in [-0.39, 0.29) is 31.9 Å². The number of hydrogen-bond acceptors (Lipinski definition) is 1. The SMILES string of the molecule is Fc1cc(OC(F)F)ccc1-c1cc(Cl)cc(Cl)c1Cl. The first-order valence-electron chi connectivity index (χ1n) is 5.27. The minimum absolute atomic E-state index is 0.0843. The van der Waals surface area contributed by atoms with E-state index in [1.165, 1.54) is 24.3 Å². The highest BCUT2D eigenvalue weighted by atomic mass is 35.5. The van der Waals surface area contributed by atoms with E-state index in [2.05, 4.69) is 4.74 Å². The highest BCUT2D eigenvalue weighted by Crippen LogP contribution is 2.38. The molecule has 0 spiro atoms. The summed E-state index contributed by atoms with van der Waals surface area (Å²) >= 11 is 17.7. The number of ether oxygens (including phenoxy) is 1. The van der Waals surface area contributed by atoms with Crippen molar-refractivity contribution < 1.29 is 17.9 Å². The standard InChI is InChI=1S/C13H6Cl3F3O/c14-6-3-9(12(16)10(15)4-6)8-2-1-7(5-11(8)17)20-13(18)19/h1-5,13H. The van der Waals surface area contributed by atoms with Crippen LogP contribution in [0.4, 0.5) is 13.2 Å². The van der Waals surface area contributed by atoms with Gasteiger partial charge in [-0.25, -0.2) is 4.39 Å². The molecule has 2 rings (SSSR count). The highest BCUT2D eigenvalue weighted by molar-refractivity contribution is 6.45. The lowest BCUT2D eigenvalue weighted by Gasteiger charge is -2.10. The van der Waals surface area contributed by atoms with Gasteiger partial charge in [-0.1, -0.05) is 34.8 Å². The molecule has 0 bridgehead atoms. The van der Waals surface area contributed by atoms with Gasteiger partial charge in [0.2, 0.25) is 0 Å². The van der Waals surface area contributed by atoms with Crippen molar-refractivity contribution in [2.75, 3.05) is 0 Å². The zero-order valence-corrected chi connectivity index (χ0v) is 11.9. The second-order valence-electron chi connectivity index (χ2n) is 3.77. The van der Waals surface area contributed by atoms with Crippen molar-refractivity contribution in [2.24, 2.45) is 0 Å². The molecule has 0 N–H and O–H groups in total. The van der Waals surface area contributed by atoms with Crippen LogP contribution in [-0.4, -0.2) is 6.61 Å². The van der Waals surface area contributed by atoms with Crippen LogP contribution in [0.1, 0.15) is 0 Å². The second kappa shape index (κ2) is 6.12. The van der Waals surface area contributed by atoms with Crippen molar-refractivity contribution in [3.63, 3.8) is 0 Å². The van der Waals surface area contributed by atoms with Crippen molar-refractivity contribution in [1.82, 2.24) is 0 Å². The summed E-state index contributed by atoms with van der Waals surface area (Å²) in [6.07, 6.45) is 0. The van der Waals surface area contributed by atoms with Crippen molar-refractivity contribution in [1.29, 1.82) is 0 Å². The number of rotatable bonds is 3. The van der Waals surface area contributed by atoms with Crippen LogP contribution in [0.5, 0.6) is 5.75 Å². The Hall–Kier alpha value is -1.10. The normalized spacial score (nSPS) is 10.9. The van der Waals surface area contributed by atoms with Crippen LogP contribution in [0.2, 0.25) is 15.1 Å². The van der Waals surface area contributed by atoms with Gasteiger partial charge in [0.15, 0.2) is 0 Å². The van der Waals surface area contributed by atoms with Gasteiger partial charge in [0.25, 0.3) is 0 Å². The molecule has 0 aliphatic carbocycles. The summed E-state index contributed by atoms with van der Waals surface area (Å²) in [6.45, 7) is -3.02. The molecule has 2 aromatic rings. The molecule has 106 valence electrons. The van der Waals surface area contributed by atoms with E-state index in [0.717, 1.165) is 6.07 Å². The van der Waals surface area contributed by atoms with E-state index in [1.54, 1.807) is 0 Å². The summed E-state index contributed by atoms with van der Waals surface area (Å²) in [4.78, 5) is 0. The van der Waals surface area contributed by atoms with E-state index in [1.807, 2.05) is 0 Å². The topological polar surface area (TPSA) is 9.23 Å². The summed E-state index contributed by atoms with van der Waals surface area (Å²) in [7, 11) is 0. The molecule has 0 fully saturated rings. The number of benzene rings is 2. The lowest BCUT2D eigenvalue weighted by molar-refractivity contribution is -0.0499. The van der Waals surface area contributed by atoms with Gasteiger partial charge in [0.05, 0.1) is 10.0 Å². The maximum Gasteiger partial charge on any atom is 0.387 e. The van der Waals surface area contributed by atoms with Crippen LogP contribution in [0.15, 0.2) is 30.3 Å². The molecule has 0 aliphatic heterocycles. The minimum atomic E-state index is -3.02. The molecule has 1 nitrogen and oxygen atoms in total. The van der Waals surface area contributed by atoms with Crippen molar-refractivity contribution >= 4 is 34.8 Å². The maximum absolute atomic E-state index is 14.0. The molecular weight excluding hydrogens is 335 g/mol. The lowest BCUT2D eigenvalue weighted by atomic mass is 10.0. The Morgan fingerprint density at radius 2 is 1.65 bits per heavy atom. The fourth-order valence-corrected chi connectivity index (χ4v) is 2.35. The molecule has 0 aromatic heterocycles. The van der Waals surface area contributed by atoms with Crippen LogP contribution in [0, 0.1) is 5.82 Å². The third kappa shape index (κ3) is 3.32. The van der Waals surface area contributed by atoms with Gasteiger partial charge >= 0.3 is 6.61 Å². The fourth-order valence-electron chi connectivity index (χ4n) is 1.64. The number of alkyl halides is 2. The van der Waals surface area contributed by atoms with E-state index < -0.39 is 12.4 Å². The van der Waals surface area contributed by atoms with Gasteiger partial charge < -0.3 is 4.74 Å². The molecule has 0 aliphatic rings. The lowest BCUT2D eigenvalue weighted by Crippen LogP contribution is -2.02.